The largest absolute Gasteiger partial charge is 0.306 e. The Morgan fingerprint density at radius 1 is 1.05 bits per heavy atom. The summed E-state index contributed by atoms with van der Waals surface area (Å²) >= 11 is 3.12. The van der Waals surface area contributed by atoms with Crippen molar-refractivity contribution >= 4 is 15.9 Å². The van der Waals surface area contributed by atoms with Gasteiger partial charge in [0.2, 0.25) is 0 Å². The van der Waals surface area contributed by atoms with Crippen LogP contribution in [0.25, 0.3) is 0 Å². The van der Waals surface area contributed by atoms with E-state index in [9.17, 15) is 13.2 Å². The van der Waals surface area contributed by atoms with Gasteiger partial charge >= 0.3 is 0 Å². The lowest BCUT2D eigenvalue weighted by Gasteiger charge is -2.15. The summed E-state index contributed by atoms with van der Waals surface area (Å²) in [6.07, 6.45) is 0. The summed E-state index contributed by atoms with van der Waals surface area (Å²) < 4.78 is 40.1. The molecule has 0 aromatic heterocycles. The van der Waals surface area contributed by atoms with Crippen LogP contribution in [0.5, 0.6) is 0 Å². The van der Waals surface area contributed by atoms with Crippen molar-refractivity contribution in [3.05, 3.63) is 69.4 Å². The molecular weight excluding hydrogens is 331 g/mol. The van der Waals surface area contributed by atoms with Crippen LogP contribution in [0.3, 0.4) is 0 Å². The molecule has 5 heteroatoms. The summed E-state index contributed by atoms with van der Waals surface area (Å²) in [5.74, 6) is -1.26. The molecule has 20 heavy (non-hydrogen) atoms. The molecule has 0 aliphatic carbocycles. The Morgan fingerprint density at radius 2 is 1.75 bits per heavy atom. The highest BCUT2D eigenvalue weighted by Crippen LogP contribution is 2.21. The second-order valence-electron chi connectivity index (χ2n) is 4.51. The van der Waals surface area contributed by atoms with Gasteiger partial charge in [0.15, 0.2) is 0 Å². The van der Waals surface area contributed by atoms with Crippen molar-refractivity contribution in [1.29, 1.82) is 0 Å². The third kappa shape index (κ3) is 3.61. The third-order valence-corrected chi connectivity index (χ3v) is 3.66. The van der Waals surface area contributed by atoms with E-state index in [4.69, 9.17) is 0 Å². The van der Waals surface area contributed by atoms with Crippen LogP contribution in [-0.2, 0) is 6.54 Å². The molecule has 2 aromatic rings. The second kappa shape index (κ2) is 6.41. The lowest BCUT2D eigenvalue weighted by molar-refractivity contribution is 0.534. The smallest absolute Gasteiger partial charge is 0.137 e. The van der Waals surface area contributed by atoms with Gasteiger partial charge in [-0.15, -0.1) is 0 Å². The maximum absolute atomic E-state index is 13.5. The lowest BCUT2D eigenvalue weighted by atomic mass is 10.1. The van der Waals surface area contributed by atoms with Crippen molar-refractivity contribution in [3.8, 4) is 0 Å². The van der Waals surface area contributed by atoms with Gasteiger partial charge in [0.25, 0.3) is 0 Å². The first-order valence-electron chi connectivity index (χ1n) is 6.09. The SMILES string of the molecule is CC(NCc1cc(F)ccc1F)c1ccc(F)c(Br)c1. The molecule has 0 aliphatic heterocycles. The molecule has 0 heterocycles. The van der Waals surface area contributed by atoms with Crippen LogP contribution in [-0.4, -0.2) is 0 Å². The summed E-state index contributed by atoms with van der Waals surface area (Å²) in [5, 5.41) is 3.08. The van der Waals surface area contributed by atoms with Gasteiger partial charge in [-0.3, -0.25) is 0 Å². The number of halogens is 4. The monoisotopic (exact) mass is 343 g/mol. The highest BCUT2D eigenvalue weighted by atomic mass is 79.9. The number of benzene rings is 2. The van der Waals surface area contributed by atoms with Crippen molar-refractivity contribution in [2.45, 2.75) is 19.5 Å². The minimum Gasteiger partial charge on any atom is -0.306 e. The van der Waals surface area contributed by atoms with E-state index in [-0.39, 0.29) is 24.0 Å². The predicted octanol–water partition coefficient (Wildman–Crippen LogP) is 4.72. The van der Waals surface area contributed by atoms with E-state index in [0.29, 0.717) is 4.47 Å². The molecule has 0 amide bonds. The lowest BCUT2D eigenvalue weighted by Crippen LogP contribution is -2.19. The van der Waals surface area contributed by atoms with Crippen molar-refractivity contribution in [2.24, 2.45) is 0 Å². The fourth-order valence-electron chi connectivity index (χ4n) is 1.84. The topological polar surface area (TPSA) is 12.0 Å². The Hall–Kier alpha value is -1.33. The van der Waals surface area contributed by atoms with Gasteiger partial charge in [0.05, 0.1) is 4.47 Å². The highest BCUT2D eigenvalue weighted by Gasteiger charge is 2.10. The summed E-state index contributed by atoms with van der Waals surface area (Å²) in [7, 11) is 0. The van der Waals surface area contributed by atoms with E-state index < -0.39 is 11.6 Å². The zero-order valence-corrected chi connectivity index (χ0v) is 12.3. The highest BCUT2D eigenvalue weighted by molar-refractivity contribution is 9.10. The molecule has 2 rings (SSSR count). The van der Waals surface area contributed by atoms with Crippen molar-refractivity contribution in [1.82, 2.24) is 5.32 Å². The van der Waals surface area contributed by atoms with Gasteiger partial charge in [0, 0.05) is 18.2 Å². The third-order valence-electron chi connectivity index (χ3n) is 3.05. The van der Waals surface area contributed by atoms with Crippen molar-refractivity contribution < 1.29 is 13.2 Å². The minimum absolute atomic E-state index is 0.116. The zero-order valence-electron chi connectivity index (χ0n) is 10.8. The van der Waals surface area contributed by atoms with Crippen LogP contribution in [0.1, 0.15) is 24.1 Å². The second-order valence-corrected chi connectivity index (χ2v) is 5.37. The molecule has 0 saturated carbocycles. The average molecular weight is 344 g/mol. The van der Waals surface area contributed by atoms with E-state index >= 15 is 0 Å². The van der Waals surface area contributed by atoms with Crippen molar-refractivity contribution in [2.75, 3.05) is 0 Å². The van der Waals surface area contributed by atoms with E-state index in [2.05, 4.69) is 21.2 Å². The van der Waals surface area contributed by atoms with Crippen LogP contribution in [0.4, 0.5) is 13.2 Å². The van der Waals surface area contributed by atoms with Gasteiger partial charge in [-0.25, -0.2) is 13.2 Å². The van der Waals surface area contributed by atoms with E-state index in [0.717, 1.165) is 23.8 Å². The fourth-order valence-corrected chi connectivity index (χ4v) is 2.24. The quantitative estimate of drug-likeness (QED) is 0.847. The molecule has 0 saturated heterocycles. The van der Waals surface area contributed by atoms with Crippen LogP contribution in [0.2, 0.25) is 0 Å². The molecule has 1 nitrogen and oxygen atoms in total. The first-order valence-corrected chi connectivity index (χ1v) is 6.89. The van der Waals surface area contributed by atoms with Crippen molar-refractivity contribution in [3.63, 3.8) is 0 Å². The Labute approximate surface area is 123 Å². The van der Waals surface area contributed by atoms with Crippen LogP contribution >= 0.6 is 15.9 Å². The van der Waals surface area contributed by atoms with Crippen LogP contribution < -0.4 is 5.32 Å². The molecule has 106 valence electrons. The summed E-state index contributed by atoms with van der Waals surface area (Å²) in [6.45, 7) is 2.07. The number of hydrogen-bond donors (Lipinski definition) is 1. The Kier molecular flexibility index (Phi) is 4.83. The van der Waals surface area contributed by atoms with Gasteiger partial charge < -0.3 is 5.32 Å². The molecule has 0 fully saturated rings. The maximum atomic E-state index is 13.5. The minimum atomic E-state index is -0.472. The van der Waals surface area contributed by atoms with Gasteiger partial charge in [-0.2, -0.15) is 0 Å². The normalized spacial score (nSPS) is 12.4. The van der Waals surface area contributed by atoms with Gasteiger partial charge in [-0.05, 0) is 58.7 Å². The molecule has 0 spiro atoms. The number of hydrogen-bond acceptors (Lipinski definition) is 1. The molecule has 0 aliphatic rings. The zero-order chi connectivity index (χ0) is 14.7. The Morgan fingerprint density at radius 3 is 2.45 bits per heavy atom. The van der Waals surface area contributed by atoms with E-state index in [1.807, 2.05) is 6.92 Å². The first kappa shape index (κ1) is 15.1. The molecule has 2 aromatic carbocycles. The Balaban J connectivity index is 2.06. The molecule has 0 bridgehead atoms. The molecule has 0 radical (unpaired) electrons. The number of rotatable bonds is 4. The van der Waals surface area contributed by atoms with Crippen LogP contribution in [0, 0.1) is 17.5 Å². The fraction of sp³-hybridized carbons (Fsp3) is 0.200. The maximum Gasteiger partial charge on any atom is 0.137 e. The van der Waals surface area contributed by atoms with E-state index in [1.54, 1.807) is 12.1 Å². The first-order chi connectivity index (χ1) is 9.47. The predicted molar refractivity (Wildman–Crippen MR) is 75.7 cm³/mol. The average Bonchev–Trinajstić information content (AvgIpc) is 2.42. The number of nitrogens with one attached hydrogen (secondary N) is 1. The summed E-state index contributed by atoms with van der Waals surface area (Å²) in [4.78, 5) is 0. The van der Waals surface area contributed by atoms with Crippen LogP contribution in [0.15, 0.2) is 40.9 Å². The molecule has 1 N–H and O–H groups in total. The standard InChI is InChI=1S/C15H13BrF3N/c1-9(10-2-4-15(19)13(16)7-10)20-8-11-6-12(17)3-5-14(11)18/h2-7,9,20H,8H2,1H3. The van der Waals surface area contributed by atoms with Gasteiger partial charge in [-0.1, -0.05) is 6.07 Å². The summed E-state index contributed by atoms with van der Waals surface area (Å²) in [6, 6.07) is 7.91. The molecular formula is C15H13BrF3N. The summed E-state index contributed by atoms with van der Waals surface area (Å²) in [5.41, 5.74) is 1.12. The van der Waals surface area contributed by atoms with E-state index in [1.165, 1.54) is 6.07 Å². The molecule has 1 atom stereocenters. The van der Waals surface area contributed by atoms with Gasteiger partial charge in [0.1, 0.15) is 17.5 Å². The molecule has 1 unspecified atom stereocenters. The Bertz CT molecular complexity index is 616.